The molecule has 0 aliphatic rings. The predicted octanol–water partition coefficient (Wildman–Crippen LogP) is 0.635. The summed E-state index contributed by atoms with van der Waals surface area (Å²) in [5.41, 5.74) is 0. The van der Waals surface area contributed by atoms with E-state index in [1.54, 1.807) is 6.92 Å². The molecule has 90 valence electrons. The van der Waals surface area contributed by atoms with E-state index in [9.17, 15) is 19.8 Å². The van der Waals surface area contributed by atoms with Crippen molar-refractivity contribution < 1.29 is 19.8 Å². The second-order valence-electron chi connectivity index (χ2n) is 3.82. The first-order chi connectivity index (χ1) is 7.42. The molecule has 0 aromatic heterocycles. The van der Waals surface area contributed by atoms with Crippen molar-refractivity contribution >= 4 is 11.6 Å². The molecule has 0 heterocycles. The van der Waals surface area contributed by atoms with Crippen molar-refractivity contribution in [2.75, 3.05) is 0 Å². The molecule has 0 saturated carbocycles. The van der Waals surface area contributed by atoms with Crippen molar-refractivity contribution in [1.29, 1.82) is 0 Å². The molecule has 4 nitrogen and oxygen atoms in total. The number of hydrogen-bond acceptors (Lipinski definition) is 4. The predicted molar refractivity (Wildman–Crippen MR) is 60.8 cm³/mol. The van der Waals surface area contributed by atoms with Crippen molar-refractivity contribution in [2.45, 2.75) is 32.0 Å². The van der Waals surface area contributed by atoms with Gasteiger partial charge in [0, 0.05) is 0 Å². The Kier molecular flexibility index (Phi) is 6.53. The van der Waals surface area contributed by atoms with Gasteiger partial charge in [0.15, 0.2) is 11.6 Å². The van der Waals surface area contributed by atoms with E-state index in [4.69, 9.17) is 0 Å². The van der Waals surface area contributed by atoms with Crippen molar-refractivity contribution in [3.05, 3.63) is 25.3 Å². The van der Waals surface area contributed by atoms with E-state index < -0.39 is 23.8 Å². The minimum absolute atomic E-state index is 0.141. The van der Waals surface area contributed by atoms with E-state index in [-0.39, 0.29) is 18.8 Å². The number of carbonyl (C=O) groups excluding carboxylic acids is 2. The summed E-state index contributed by atoms with van der Waals surface area (Å²) in [5.74, 6) is -1.04. The van der Waals surface area contributed by atoms with E-state index in [1.807, 2.05) is 0 Å². The first-order valence-corrected chi connectivity index (χ1v) is 5.11. The third kappa shape index (κ3) is 5.00. The summed E-state index contributed by atoms with van der Waals surface area (Å²) in [6.07, 6.45) is 0.293. The zero-order valence-corrected chi connectivity index (χ0v) is 9.43. The van der Waals surface area contributed by atoms with Crippen LogP contribution < -0.4 is 0 Å². The van der Waals surface area contributed by atoms with Gasteiger partial charge >= 0.3 is 0 Å². The van der Waals surface area contributed by atoms with Crippen LogP contribution in [0.2, 0.25) is 0 Å². The summed E-state index contributed by atoms with van der Waals surface area (Å²) in [5, 5.41) is 18.8. The maximum Gasteiger partial charge on any atom is 0.183 e. The summed E-state index contributed by atoms with van der Waals surface area (Å²) >= 11 is 0. The Labute approximate surface area is 95.3 Å². The molecule has 0 rings (SSSR count). The molecule has 2 unspecified atom stereocenters. The minimum Gasteiger partial charge on any atom is -0.385 e. The fraction of sp³-hybridized carbons (Fsp3) is 0.500. The highest BCUT2D eigenvalue weighted by Crippen LogP contribution is 2.14. The summed E-state index contributed by atoms with van der Waals surface area (Å²) < 4.78 is 0. The fourth-order valence-corrected chi connectivity index (χ4v) is 1.36. The summed E-state index contributed by atoms with van der Waals surface area (Å²) in [4.78, 5) is 22.0. The molecule has 0 aliphatic carbocycles. The van der Waals surface area contributed by atoms with Crippen LogP contribution in [0.4, 0.5) is 0 Å². The van der Waals surface area contributed by atoms with Crippen LogP contribution in [0.5, 0.6) is 0 Å². The highest BCUT2D eigenvalue weighted by atomic mass is 16.3. The van der Waals surface area contributed by atoms with Gasteiger partial charge in [-0.15, -0.1) is 0 Å². The van der Waals surface area contributed by atoms with Crippen LogP contribution in [-0.4, -0.2) is 34.0 Å². The van der Waals surface area contributed by atoms with Gasteiger partial charge in [-0.05, 0) is 30.9 Å². The van der Waals surface area contributed by atoms with Gasteiger partial charge in [0.1, 0.15) is 12.2 Å². The third-order valence-electron chi connectivity index (χ3n) is 2.31. The molecule has 0 aliphatic heterocycles. The van der Waals surface area contributed by atoms with Crippen LogP contribution in [0.15, 0.2) is 25.3 Å². The summed E-state index contributed by atoms with van der Waals surface area (Å²) in [7, 11) is 0. The second-order valence-corrected chi connectivity index (χ2v) is 3.82. The third-order valence-corrected chi connectivity index (χ3v) is 2.31. The zero-order chi connectivity index (χ0) is 12.7. The summed E-state index contributed by atoms with van der Waals surface area (Å²) in [6.45, 7) is 8.28. The maximum atomic E-state index is 11.0. The number of ketones is 2. The Morgan fingerprint density at radius 3 is 1.62 bits per heavy atom. The van der Waals surface area contributed by atoms with E-state index >= 15 is 0 Å². The molecule has 0 aromatic rings. The van der Waals surface area contributed by atoms with Crippen molar-refractivity contribution in [3.63, 3.8) is 0 Å². The van der Waals surface area contributed by atoms with Crippen LogP contribution in [-0.2, 0) is 9.59 Å². The first-order valence-electron chi connectivity index (χ1n) is 5.11. The number of carbonyl (C=O) groups is 2. The normalized spacial score (nSPS) is 15.9. The SMILES string of the molecule is C=CC(=O)C(O)CC(C)CC(O)C(=O)C=C. The molecule has 2 atom stereocenters. The molecule has 2 N–H and O–H groups in total. The fourth-order valence-electron chi connectivity index (χ4n) is 1.36. The average molecular weight is 226 g/mol. The summed E-state index contributed by atoms with van der Waals surface area (Å²) in [6, 6.07) is 0. The lowest BCUT2D eigenvalue weighted by molar-refractivity contribution is -0.124. The van der Waals surface area contributed by atoms with Gasteiger partial charge in [0.25, 0.3) is 0 Å². The van der Waals surface area contributed by atoms with Gasteiger partial charge < -0.3 is 10.2 Å². The van der Waals surface area contributed by atoms with Crippen LogP contribution in [0.1, 0.15) is 19.8 Å². The van der Waals surface area contributed by atoms with E-state index in [1.165, 1.54) is 0 Å². The molecular formula is C12H18O4. The monoisotopic (exact) mass is 226 g/mol. The standard InChI is InChI=1S/C12H18O4/c1-4-9(13)11(15)6-8(3)7-12(16)10(14)5-2/h4-5,8,11-12,15-16H,1-2,6-7H2,3H3. The quantitative estimate of drug-likeness (QED) is 0.595. The molecule has 0 spiro atoms. The van der Waals surface area contributed by atoms with Crippen molar-refractivity contribution in [2.24, 2.45) is 5.92 Å². The zero-order valence-electron chi connectivity index (χ0n) is 9.43. The molecule has 0 bridgehead atoms. The first kappa shape index (κ1) is 14.7. The van der Waals surface area contributed by atoms with Crippen LogP contribution in [0, 0.1) is 5.92 Å². The molecule has 16 heavy (non-hydrogen) atoms. The highest BCUT2D eigenvalue weighted by Gasteiger charge is 2.20. The number of aliphatic hydroxyl groups excluding tert-OH is 2. The second kappa shape index (κ2) is 7.09. The van der Waals surface area contributed by atoms with Gasteiger partial charge in [-0.2, -0.15) is 0 Å². The smallest absolute Gasteiger partial charge is 0.183 e. The lowest BCUT2D eigenvalue weighted by atomic mass is 9.94. The van der Waals surface area contributed by atoms with Crippen molar-refractivity contribution in [3.8, 4) is 0 Å². The van der Waals surface area contributed by atoms with Crippen LogP contribution >= 0.6 is 0 Å². The van der Waals surface area contributed by atoms with Crippen LogP contribution in [0.25, 0.3) is 0 Å². The Hall–Kier alpha value is -1.26. The Balaban J connectivity index is 4.12. The lowest BCUT2D eigenvalue weighted by Crippen LogP contribution is -2.25. The van der Waals surface area contributed by atoms with Gasteiger partial charge in [-0.25, -0.2) is 0 Å². The molecular weight excluding hydrogens is 208 g/mol. The van der Waals surface area contributed by atoms with E-state index in [0.29, 0.717) is 0 Å². The Morgan fingerprint density at radius 2 is 1.38 bits per heavy atom. The highest BCUT2D eigenvalue weighted by molar-refractivity contribution is 5.93. The average Bonchev–Trinajstić information content (AvgIpc) is 2.26. The van der Waals surface area contributed by atoms with Gasteiger partial charge in [0.2, 0.25) is 0 Å². The lowest BCUT2D eigenvalue weighted by Gasteiger charge is -2.16. The van der Waals surface area contributed by atoms with E-state index in [0.717, 1.165) is 12.2 Å². The van der Waals surface area contributed by atoms with E-state index in [2.05, 4.69) is 13.2 Å². The van der Waals surface area contributed by atoms with Gasteiger partial charge in [-0.3, -0.25) is 9.59 Å². The Morgan fingerprint density at radius 1 is 1.06 bits per heavy atom. The number of aliphatic hydroxyl groups is 2. The Bertz CT molecular complexity index is 255. The number of hydrogen-bond donors (Lipinski definition) is 2. The molecule has 4 heteroatoms. The maximum absolute atomic E-state index is 11.0. The molecule has 0 radical (unpaired) electrons. The molecule has 0 saturated heterocycles. The van der Waals surface area contributed by atoms with Gasteiger partial charge in [0.05, 0.1) is 0 Å². The molecule has 0 amide bonds. The van der Waals surface area contributed by atoms with Crippen molar-refractivity contribution in [1.82, 2.24) is 0 Å². The molecule has 0 fully saturated rings. The minimum atomic E-state index is -1.11. The van der Waals surface area contributed by atoms with Gasteiger partial charge in [-0.1, -0.05) is 20.1 Å². The largest absolute Gasteiger partial charge is 0.385 e. The topological polar surface area (TPSA) is 74.6 Å². The molecule has 0 aromatic carbocycles. The van der Waals surface area contributed by atoms with Crippen LogP contribution in [0.3, 0.4) is 0 Å². The number of rotatable bonds is 8.